The van der Waals surface area contributed by atoms with E-state index < -0.39 is 45.8 Å². The molecule has 1 unspecified atom stereocenters. The largest absolute Gasteiger partial charge is 0.497 e. The summed E-state index contributed by atoms with van der Waals surface area (Å²) in [4.78, 5) is 25.3. The molecule has 0 spiro atoms. The molecule has 0 saturated carbocycles. The van der Waals surface area contributed by atoms with Crippen molar-refractivity contribution < 1.29 is 31.8 Å². The van der Waals surface area contributed by atoms with Crippen LogP contribution in [0.4, 0.5) is 20.2 Å². The Labute approximate surface area is 272 Å². The number of carbonyl (C=O) groups excluding carboxylic acids is 1. The number of ether oxygens (including phenoxy) is 1. The first-order chi connectivity index (χ1) is 22.4. The molecule has 0 aliphatic rings. The lowest BCUT2D eigenvalue weighted by Crippen LogP contribution is -2.48. The summed E-state index contributed by atoms with van der Waals surface area (Å²) in [5.74, 6) is -1.69. The van der Waals surface area contributed by atoms with Crippen LogP contribution in [0.15, 0.2) is 96.2 Å². The van der Waals surface area contributed by atoms with Gasteiger partial charge in [0.2, 0.25) is 10.0 Å². The van der Waals surface area contributed by atoms with Crippen LogP contribution >= 0.6 is 0 Å². The highest BCUT2D eigenvalue weighted by molar-refractivity contribution is 7.92. The minimum Gasteiger partial charge on any atom is -0.497 e. The van der Waals surface area contributed by atoms with E-state index in [1.165, 1.54) is 25.1 Å². The number of aliphatic hydroxyl groups is 1. The van der Waals surface area contributed by atoms with Crippen molar-refractivity contribution in [1.29, 1.82) is 0 Å². The van der Waals surface area contributed by atoms with Crippen LogP contribution in [0.3, 0.4) is 0 Å². The summed E-state index contributed by atoms with van der Waals surface area (Å²) < 4.78 is 60.3. The molecule has 0 radical (unpaired) electrons. The molecular weight excluding hydrogens is 630 g/mol. The average Bonchev–Trinajstić information content (AvgIpc) is 3.03. The predicted octanol–water partition coefficient (Wildman–Crippen LogP) is 5.39. The fourth-order valence-electron chi connectivity index (χ4n) is 5.09. The summed E-state index contributed by atoms with van der Waals surface area (Å²) in [6.45, 7) is 1.85. The van der Waals surface area contributed by atoms with Gasteiger partial charge in [-0.05, 0) is 84.6 Å². The number of nitroso groups, excluding NO2 is 1. The van der Waals surface area contributed by atoms with E-state index in [2.05, 4.69) is 15.8 Å². The molecule has 0 bridgehead atoms. The molecule has 4 aromatic carbocycles. The van der Waals surface area contributed by atoms with Gasteiger partial charge in [-0.15, -0.1) is 0 Å². The lowest BCUT2D eigenvalue weighted by atomic mass is 9.99. The van der Waals surface area contributed by atoms with E-state index in [0.29, 0.717) is 18.0 Å². The minimum atomic E-state index is -3.92. The number of methoxy groups -OCH3 is 1. The quantitative estimate of drug-likeness (QED) is 0.145. The molecular formula is C34H36F2N4O6S. The summed E-state index contributed by atoms with van der Waals surface area (Å²) in [6.07, 6.45) is -0.358. The molecule has 47 heavy (non-hydrogen) atoms. The third-order valence-corrected chi connectivity index (χ3v) is 8.46. The fraction of sp³-hybridized carbons (Fsp3) is 0.265. The molecule has 248 valence electrons. The highest BCUT2D eigenvalue weighted by Crippen LogP contribution is 2.32. The number of anilines is 2. The number of rotatable bonds is 15. The van der Waals surface area contributed by atoms with Crippen molar-refractivity contribution in [3.8, 4) is 5.75 Å². The standard InChI is InChI=1S/C34H36F2N4O6S/c1-22(39-43)25-16-26(18-30(17-25)40(47(3,44)45)29-9-5-4-6-10-29)34(42)38-32(15-24-12-27(35)19-28(36)13-24)33(41)21-37-20-23-8-7-11-31(14-23)46-2/h4-14,16-19,22,32-33,37,41H,15,20-21H2,1-3H3,(H,38,42)/t22?,32-,33+/m0/s1. The third kappa shape index (κ3) is 9.64. The Hall–Kier alpha value is -4.72. The topological polar surface area (TPSA) is 137 Å². The van der Waals surface area contributed by atoms with Gasteiger partial charge in [-0.3, -0.25) is 4.79 Å². The number of nitrogens with zero attached hydrogens (tertiary/aromatic N) is 2. The van der Waals surface area contributed by atoms with E-state index in [9.17, 15) is 32.0 Å². The Morgan fingerprint density at radius 2 is 1.64 bits per heavy atom. The molecule has 13 heteroatoms. The zero-order valence-electron chi connectivity index (χ0n) is 26.1. The lowest BCUT2D eigenvalue weighted by Gasteiger charge is -2.26. The van der Waals surface area contributed by atoms with Gasteiger partial charge in [-0.1, -0.05) is 35.5 Å². The Bertz CT molecular complexity index is 1790. The lowest BCUT2D eigenvalue weighted by molar-refractivity contribution is 0.0829. The smallest absolute Gasteiger partial charge is 0.251 e. The maximum absolute atomic E-state index is 14.1. The zero-order chi connectivity index (χ0) is 34.1. The number of sulfonamides is 1. The molecule has 10 nitrogen and oxygen atoms in total. The van der Waals surface area contributed by atoms with Gasteiger partial charge < -0.3 is 20.5 Å². The van der Waals surface area contributed by atoms with E-state index in [1.807, 2.05) is 18.2 Å². The summed E-state index contributed by atoms with van der Waals surface area (Å²) >= 11 is 0. The molecule has 0 aliphatic carbocycles. The molecule has 0 fully saturated rings. The number of amides is 1. The summed E-state index contributed by atoms with van der Waals surface area (Å²) in [6, 6.07) is 20.7. The van der Waals surface area contributed by atoms with Crippen molar-refractivity contribution in [2.24, 2.45) is 5.18 Å². The summed E-state index contributed by atoms with van der Waals surface area (Å²) in [7, 11) is -2.37. The Kier molecular flexibility index (Phi) is 11.8. The van der Waals surface area contributed by atoms with Gasteiger partial charge in [0.15, 0.2) is 0 Å². The minimum absolute atomic E-state index is 0.00674. The number of aliphatic hydroxyl groups excluding tert-OH is 1. The van der Waals surface area contributed by atoms with Gasteiger partial charge in [-0.2, -0.15) is 4.91 Å². The Morgan fingerprint density at radius 1 is 0.936 bits per heavy atom. The number of benzene rings is 4. The van der Waals surface area contributed by atoms with Crippen LogP contribution in [0.1, 0.15) is 40.0 Å². The number of carbonyl (C=O) groups is 1. The summed E-state index contributed by atoms with van der Waals surface area (Å²) in [5.41, 5.74) is 1.71. The van der Waals surface area contributed by atoms with E-state index in [1.54, 1.807) is 43.5 Å². The number of halogens is 2. The fourth-order valence-corrected chi connectivity index (χ4v) is 6.08. The maximum Gasteiger partial charge on any atom is 0.251 e. The molecule has 3 N–H and O–H groups in total. The number of para-hydroxylation sites is 1. The molecule has 0 aromatic heterocycles. The van der Waals surface area contributed by atoms with Crippen LogP contribution in [0.2, 0.25) is 0 Å². The first kappa shape index (κ1) is 35.1. The van der Waals surface area contributed by atoms with Crippen LogP contribution in [-0.4, -0.2) is 51.5 Å². The normalized spacial score (nSPS) is 13.3. The van der Waals surface area contributed by atoms with Gasteiger partial charge in [0, 0.05) is 24.7 Å². The molecule has 4 rings (SSSR count). The Morgan fingerprint density at radius 3 is 2.28 bits per heavy atom. The van der Waals surface area contributed by atoms with E-state index in [0.717, 1.165) is 34.3 Å². The van der Waals surface area contributed by atoms with E-state index in [-0.39, 0.29) is 35.3 Å². The molecule has 0 aliphatic heterocycles. The van der Waals surface area contributed by atoms with Crippen molar-refractivity contribution >= 4 is 27.3 Å². The van der Waals surface area contributed by atoms with Crippen LogP contribution < -0.4 is 19.7 Å². The maximum atomic E-state index is 14.1. The highest BCUT2D eigenvalue weighted by atomic mass is 32.2. The first-order valence-electron chi connectivity index (χ1n) is 14.7. The second kappa shape index (κ2) is 15.7. The molecule has 0 saturated heterocycles. The van der Waals surface area contributed by atoms with Gasteiger partial charge in [0.25, 0.3) is 5.91 Å². The predicted molar refractivity (Wildman–Crippen MR) is 176 cm³/mol. The molecule has 4 aromatic rings. The van der Waals surface area contributed by atoms with Crippen molar-refractivity contribution in [3.05, 3.63) is 130 Å². The Balaban J connectivity index is 1.66. The van der Waals surface area contributed by atoms with Gasteiger partial charge in [0.1, 0.15) is 23.4 Å². The van der Waals surface area contributed by atoms with Crippen molar-refractivity contribution in [3.63, 3.8) is 0 Å². The second-order valence-electron chi connectivity index (χ2n) is 11.1. The summed E-state index contributed by atoms with van der Waals surface area (Å²) in [5, 5.41) is 20.1. The second-order valence-corrected chi connectivity index (χ2v) is 12.9. The monoisotopic (exact) mass is 666 g/mol. The van der Waals surface area contributed by atoms with Crippen molar-refractivity contribution in [2.45, 2.75) is 38.1 Å². The van der Waals surface area contributed by atoms with Crippen LogP contribution in [0.5, 0.6) is 5.75 Å². The zero-order valence-corrected chi connectivity index (χ0v) is 26.9. The third-order valence-electron chi connectivity index (χ3n) is 7.38. The molecule has 1 amide bonds. The highest BCUT2D eigenvalue weighted by Gasteiger charge is 2.26. The average molecular weight is 667 g/mol. The van der Waals surface area contributed by atoms with Gasteiger partial charge in [-0.25, -0.2) is 21.5 Å². The van der Waals surface area contributed by atoms with Gasteiger partial charge in [0.05, 0.1) is 36.9 Å². The van der Waals surface area contributed by atoms with Crippen LogP contribution in [0.25, 0.3) is 0 Å². The number of hydrogen-bond acceptors (Lipinski definition) is 8. The van der Waals surface area contributed by atoms with Crippen molar-refractivity contribution in [2.75, 3.05) is 24.2 Å². The van der Waals surface area contributed by atoms with Crippen LogP contribution in [0, 0.1) is 16.5 Å². The number of nitrogens with one attached hydrogen (secondary N) is 2. The first-order valence-corrected chi connectivity index (χ1v) is 16.5. The van der Waals surface area contributed by atoms with Crippen molar-refractivity contribution in [1.82, 2.24) is 10.6 Å². The molecule has 3 atom stereocenters. The SMILES string of the molecule is COc1cccc(CNC[C@@H](O)[C@H](Cc2cc(F)cc(F)c2)NC(=O)c2cc(C(C)N=O)cc(N(c3ccccc3)S(C)(=O)=O)c2)c1. The molecule has 0 heterocycles. The van der Waals surface area contributed by atoms with E-state index >= 15 is 0 Å². The van der Waals surface area contributed by atoms with Gasteiger partial charge >= 0.3 is 0 Å². The van der Waals surface area contributed by atoms with E-state index in [4.69, 9.17) is 4.74 Å². The number of hydrogen-bond donors (Lipinski definition) is 3. The van der Waals surface area contributed by atoms with Crippen LogP contribution in [-0.2, 0) is 23.0 Å².